The van der Waals surface area contributed by atoms with Crippen LogP contribution in [0.15, 0.2) is 48.7 Å². The number of esters is 1. The molecule has 32 heavy (non-hydrogen) atoms. The maximum Gasteiger partial charge on any atom is 0.338 e. The third-order valence-electron chi connectivity index (χ3n) is 5.19. The van der Waals surface area contributed by atoms with Gasteiger partial charge in [-0.3, -0.25) is 0 Å². The Morgan fingerprint density at radius 3 is 2.28 bits per heavy atom. The summed E-state index contributed by atoms with van der Waals surface area (Å²) in [6, 6.07) is 14.1. The number of rotatable bonds is 8. The van der Waals surface area contributed by atoms with Gasteiger partial charge >= 0.3 is 5.97 Å². The average molecular weight is 434 g/mol. The summed E-state index contributed by atoms with van der Waals surface area (Å²) in [6.45, 7) is 8.98. The van der Waals surface area contributed by atoms with Crippen LogP contribution in [0.3, 0.4) is 0 Å². The summed E-state index contributed by atoms with van der Waals surface area (Å²) in [5.41, 5.74) is 5.74. The Labute approximate surface area is 190 Å². The van der Waals surface area contributed by atoms with E-state index < -0.39 is 5.97 Å². The van der Waals surface area contributed by atoms with Crippen molar-refractivity contribution in [1.82, 2.24) is 4.98 Å². The zero-order valence-electron chi connectivity index (χ0n) is 19.6. The van der Waals surface area contributed by atoms with Crippen LogP contribution in [-0.2, 0) is 4.74 Å². The molecule has 0 aliphatic carbocycles. The maximum atomic E-state index is 12.8. The molecule has 0 aliphatic heterocycles. The van der Waals surface area contributed by atoms with Gasteiger partial charge in [-0.15, -0.1) is 0 Å². The van der Waals surface area contributed by atoms with E-state index in [1.54, 1.807) is 13.3 Å². The van der Waals surface area contributed by atoms with E-state index in [4.69, 9.17) is 9.47 Å². The maximum absolute atomic E-state index is 12.8. The second-order valence-electron chi connectivity index (χ2n) is 7.84. The summed E-state index contributed by atoms with van der Waals surface area (Å²) in [5, 5.41) is 6.57. The summed E-state index contributed by atoms with van der Waals surface area (Å²) in [6.07, 6.45) is 1.77. The SMILES string of the molecule is CCNc1ccc(-c2cc(C(=O)OC)c(-c3ccc(NC(C)C)nc3)c(C)c2OC)cc1. The third-order valence-corrected chi connectivity index (χ3v) is 5.19. The number of methoxy groups -OCH3 is 2. The normalized spacial score (nSPS) is 10.7. The molecule has 6 heteroatoms. The molecule has 2 N–H and O–H groups in total. The molecule has 0 spiro atoms. The number of benzene rings is 2. The van der Waals surface area contributed by atoms with Crippen molar-refractivity contribution in [2.24, 2.45) is 0 Å². The number of nitrogens with zero attached hydrogens (tertiary/aromatic N) is 1. The number of ether oxygens (including phenoxy) is 2. The first-order chi connectivity index (χ1) is 15.4. The van der Waals surface area contributed by atoms with Gasteiger partial charge in [0.25, 0.3) is 0 Å². The van der Waals surface area contributed by atoms with E-state index in [0.717, 1.165) is 45.9 Å². The highest BCUT2D eigenvalue weighted by atomic mass is 16.5. The first-order valence-electron chi connectivity index (χ1n) is 10.8. The molecule has 1 heterocycles. The lowest BCUT2D eigenvalue weighted by atomic mass is 9.90. The van der Waals surface area contributed by atoms with Gasteiger partial charge in [0.15, 0.2) is 0 Å². The Hall–Kier alpha value is -3.54. The van der Waals surface area contributed by atoms with Crippen LogP contribution in [0.1, 0.15) is 36.7 Å². The van der Waals surface area contributed by atoms with E-state index >= 15 is 0 Å². The van der Waals surface area contributed by atoms with Crippen LogP contribution in [0.5, 0.6) is 5.75 Å². The van der Waals surface area contributed by atoms with Crippen molar-refractivity contribution in [3.63, 3.8) is 0 Å². The summed E-state index contributed by atoms with van der Waals surface area (Å²) in [7, 11) is 3.04. The Morgan fingerprint density at radius 1 is 1.06 bits per heavy atom. The molecule has 168 valence electrons. The zero-order chi connectivity index (χ0) is 23.3. The first-order valence-corrected chi connectivity index (χ1v) is 10.8. The second-order valence-corrected chi connectivity index (χ2v) is 7.84. The zero-order valence-corrected chi connectivity index (χ0v) is 19.6. The van der Waals surface area contributed by atoms with Crippen molar-refractivity contribution < 1.29 is 14.3 Å². The van der Waals surface area contributed by atoms with Crippen LogP contribution in [0, 0.1) is 6.92 Å². The van der Waals surface area contributed by atoms with E-state index in [0.29, 0.717) is 11.3 Å². The molecular weight excluding hydrogens is 402 g/mol. The molecule has 0 bridgehead atoms. The quantitative estimate of drug-likeness (QED) is 0.439. The number of pyridine rings is 1. The lowest BCUT2D eigenvalue weighted by Crippen LogP contribution is -2.11. The number of nitrogens with one attached hydrogen (secondary N) is 2. The Kier molecular flexibility index (Phi) is 7.36. The predicted octanol–water partition coefficient (Wildman–Crippen LogP) is 5.77. The van der Waals surface area contributed by atoms with Gasteiger partial charge in [0, 0.05) is 46.7 Å². The molecule has 0 radical (unpaired) electrons. The Bertz CT molecular complexity index is 1070. The van der Waals surface area contributed by atoms with Crippen molar-refractivity contribution in [3.8, 4) is 28.0 Å². The van der Waals surface area contributed by atoms with Gasteiger partial charge in [0.05, 0.1) is 19.8 Å². The molecule has 0 amide bonds. The van der Waals surface area contributed by atoms with Crippen LogP contribution in [0.4, 0.5) is 11.5 Å². The minimum absolute atomic E-state index is 0.277. The van der Waals surface area contributed by atoms with Crippen LogP contribution in [0.25, 0.3) is 22.3 Å². The molecule has 0 fully saturated rings. The summed E-state index contributed by atoms with van der Waals surface area (Å²) < 4.78 is 10.9. The Balaban J connectivity index is 2.17. The number of carbonyl (C=O) groups excluding carboxylic acids is 1. The standard InChI is InChI=1S/C26H31N3O3/c1-7-27-20-11-8-18(9-12-20)21-14-22(26(30)32-6)24(17(4)25(21)31-5)19-10-13-23(28-15-19)29-16(2)3/h8-16,27H,7H2,1-6H3,(H,28,29). The summed E-state index contributed by atoms with van der Waals surface area (Å²) >= 11 is 0. The van der Waals surface area contributed by atoms with Crippen molar-refractivity contribution in [2.45, 2.75) is 33.7 Å². The fourth-order valence-corrected chi connectivity index (χ4v) is 3.81. The molecule has 0 unspecified atom stereocenters. The average Bonchev–Trinajstić information content (AvgIpc) is 2.79. The second kappa shape index (κ2) is 10.2. The topological polar surface area (TPSA) is 72.5 Å². The minimum Gasteiger partial charge on any atom is -0.496 e. The molecule has 0 atom stereocenters. The van der Waals surface area contributed by atoms with Crippen molar-refractivity contribution in [3.05, 3.63) is 59.8 Å². The largest absolute Gasteiger partial charge is 0.496 e. The fourth-order valence-electron chi connectivity index (χ4n) is 3.81. The summed E-state index contributed by atoms with van der Waals surface area (Å²) in [5.74, 6) is 1.10. The Morgan fingerprint density at radius 2 is 1.75 bits per heavy atom. The molecule has 1 aromatic heterocycles. The van der Waals surface area contributed by atoms with Crippen molar-refractivity contribution >= 4 is 17.5 Å². The predicted molar refractivity (Wildman–Crippen MR) is 131 cm³/mol. The molecule has 0 aliphatic rings. The molecule has 3 rings (SSSR count). The number of aromatic nitrogens is 1. The highest BCUT2D eigenvalue weighted by molar-refractivity contribution is 6.01. The molecule has 0 saturated heterocycles. The van der Waals surface area contributed by atoms with Gasteiger partial charge in [-0.05, 0) is 63.6 Å². The number of hydrogen-bond donors (Lipinski definition) is 2. The summed E-state index contributed by atoms with van der Waals surface area (Å²) in [4.78, 5) is 17.3. The van der Waals surface area contributed by atoms with Crippen LogP contribution >= 0.6 is 0 Å². The van der Waals surface area contributed by atoms with Gasteiger partial charge in [-0.1, -0.05) is 12.1 Å². The van der Waals surface area contributed by atoms with Gasteiger partial charge in [-0.25, -0.2) is 9.78 Å². The number of anilines is 2. The lowest BCUT2D eigenvalue weighted by molar-refractivity contribution is 0.0601. The van der Waals surface area contributed by atoms with Gasteiger partial charge in [-0.2, -0.15) is 0 Å². The van der Waals surface area contributed by atoms with Crippen LogP contribution in [-0.4, -0.2) is 37.8 Å². The van der Waals surface area contributed by atoms with Gasteiger partial charge < -0.3 is 20.1 Å². The first kappa shape index (κ1) is 23.1. The van der Waals surface area contributed by atoms with E-state index in [2.05, 4.69) is 36.4 Å². The highest BCUT2D eigenvalue weighted by Crippen LogP contribution is 2.41. The molecular formula is C26H31N3O3. The molecule has 2 aromatic carbocycles. The third kappa shape index (κ3) is 4.85. The van der Waals surface area contributed by atoms with Gasteiger partial charge in [0.2, 0.25) is 0 Å². The monoisotopic (exact) mass is 433 g/mol. The van der Waals surface area contributed by atoms with Crippen LogP contribution in [0.2, 0.25) is 0 Å². The highest BCUT2D eigenvalue weighted by Gasteiger charge is 2.23. The molecule has 3 aromatic rings. The van der Waals surface area contributed by atoms with E-state index in [-0.39, 0.29) is 6.04 Å². The minimum atomic E-state index is -0.402. The number of carbonyl (C=O) groups is 1. The number of hydrogen-bond acceptors (Lipinski definition) is 6. The van der Waals surface area contributed by atoms with E-state index in [1.165, 1.54) is 7.11 Å². The molecule has 0 saturated carbocycles. The van der Waals surface area contributed by atoms with Gasteiger partial charge in [0.1, 0.15) is 11.6 Å². The lowest BCUT2D eigenvalue weighted by Gasteiger charge is -2.19. The van der Waals surface area contributed by atoms with Crippen molar-refractivity contribution in [2.75, 3.05) is 31.4 Å². The van der Waals surface area contributed by atoms with E-state index in [9.17, 15) is 4.79 Å². The van der Waals surface area contributed by atoms with Crippen molar-refractivity contribution in [1.29, 1.82) is 0 Å². The smallest absolute Gasteiger partial charge is 0.338 e. The van der Waals surface area contributed by atoms with E-state index in [1.807, 2.05) is 49.4 Å². The van der Waals surface area contributed by atoms with Crippen LogP contribution < -0.4 is 15.4 Å². The fraction of sp³-hybridized carbons (Fsp3) is 0.308. The molecule has 6 nitrogen and oxygen atoms in total.